The number of hydrogen-bond acceptors (Lipinski definition) is 5. The molecular weight excluding hydrogens is 240 g/mol. The number of para-hydroxylation sites is 2. The smallest absolute Gasteiger partial charge is 0.278 e. The number of nitro benzene ring substituents is 1. The molecule has 0 spiro atoms. The molecule has 0 bridgehead atoms. The predicted octanol–water partition coefficient (Wildman–Crippen LogP) is 2.81. The number of benzene rings is 1. The van der Waals surface area contributed by atoms with Crippen LogP contribution in [-0.2, 0) is 4.89 Å². The molecule has 1 aromatic rings. The molecule has 1 N–H and O–H groups in total. The molecule has 7 nitrogen and oxygen atoms in total. The van der Waals surface area contributed by atoms with Crippen molar-refractivity contribution in [3.63, 3.8) is 0 Å². The number of rotatable bonds is 5. The van der Waals surface area contributed by atoms with E-state index in [1.54, 1.807) is 6.07 Å². The van der Waals surface area contributed by atoms with E-state index in [0.717, 1.165) is 11.3 Å². The highest BCUT2D eigenvalue weighted by Crippen LogP contribution is 2.28. The van der Waals surface area contributed by atoms with Gasteiger partial charge in [-0.25, -0.2) is 4.79 Å². The summed E-state index contributed by atoms with van der Waals surface area (Å²) in [6.07, 6.45) is 0.412. The van der Waals surface area contributed by atoms with Crippen molar-refractivity contribution in [1.82, 2.24) is 0 Å². The van der Waals surface area contributed by atoms with E-state index in [1.807, 2.05) is 6.92 Å². The lowest BCUT2D eigenvalue weighted by Crippen LogP contribution is -2.32. The van der Waals surface area contributed by atoms with Crippen molar-refractivity contribution in [3.05, 3.63) is 34.4 Å². The van der Waals surface area contributed by atoms with Gasteiger partial charge in [-0.3, -0.25) is 19.9 Å². The minimum atomic E-state index is -1.03. The number of nitrogens with zero attached hydrogens (tertiary/aromatic N) is 2. The highest BCUT2D eigenvalue weighted by molar-refractivity contribution is 5.90. The summed E-state index contributed by atoms with van der Waals surface area (Å²) in [5.74, 6) is 0. The van der Waals surface area contributed by atoms with Crippen molar-refractivity contribution in [2.45, 2.75) is 19.8 Å². The monoisotopic (exact) mass is 254 g/mol. The number of anilines is 1. The van der Waals surface area contributed by atoms with Gasteiger partial charge in [0.2, 0.25) is 0 Å². The number of carbonyl (C=O) groups excluding carboxylic acids is 1. The molecule has 0 radical (unpaired) electrons. The second kappa shape index (κ2) is 6.55. The van der Waals surface area contributed by atoms with Gasteiger partial charge in [-0.05, 0) is 12.5 Å². The Morgan fingerprint density at radius 2 is 2.17 bits per heavy atom. The number of amides is 1. The van der Waals surface area contributed by atoms with Gasteiger partial charge in [0.15, 0.2) is 0 Å². The van der Waals surface area contributed by atoms with Gasteiger partial charge < -0.3 is 0 Å². The van der Waals surface area contributed by atoms with Crippen molar-refractivity contribution in [1.29, 1.82) is 0 Å². The number of hydrogen-bond donors (Lipinski definition) is 1. The second-order valence-electron chi connectivity index (χ2n) is 3.61. The molecule has 0 atom stereocenters. The first-order chi connectivity index (χ1) is 8.61. The van der Waals surface area contributed by atoms with Crippen LogP contribution in [0.1, 0.15) is 19.8 Å². The first-order valence-corrected chi connectivity index (χ1v) is 5.48. The molecule has 0 aliphatic heterocycles. The molecule has 0 aromatic heterocycles. The Hall–Kier alpha value is -2.15. The third-order valence-electron chi connectivity index (χ3n) is 2.40. The van der Waals surface area contributed by atoms with Gasteiger partial charge in [0.25, 0.3) is 5.69 Å². The van der Waals surface area contributed by atoms with Gasteiger partial charge in [0, 0.05) is 12.6 Å². The summed E-state index contributed by atoms with van der Waals surface area (Å²) >= 11 is 0. The van der Waals surface area contributed by atoms with E-state index < -0.39 is 11.0 Å². The maximum Gasteiger partial charge on any atom is 0.445 e. The van der Waals surface area contributed by atoms with Crippen LogP contribution in [0.15, 0.2) is 24.3 Å². The highest BCUT2D eigenvalue weighted by Gasteiger charge is 2.24. The first-order valence-electron chi connectivity index (χ1n) is 5.48. The van der Waals surface area contributed by atoms with Gasteiger partial charge in [-0.15, -0.1) is 0 Å². The summed E-state index contributed by atoms with van der Waals surface area (Å²) in [7, 11) is 0. The van der Waals surface area contributed by atoms with Crippen molar-refractivity contribution >= 4 is 17.5 Å². The minimum Gasteiger partial charge on any atom is -0.278 e. The summed E-state index contributed by atoms with van der Waals surface area (Å²) in [6.45, 7) is 2.16. The SMILES string of the molecule is CCCCN(C(=O)OO)c1ccccc1[N+](=O)[O-]. The molecule has 0 aliphatic carbocycles. The first kappa shape index (κ1) is 13.9. The molecular formula is C11H14N2O5. The summed E-state index contributed by atoms with van der Waals surface area (Å²) in [6, 6.07) is 5.81. The van der Waals surface area contributed by atoms with Crippen LogP contribution in [0.5, 0.6) is 0 Å². The Balaban J connectivity index is 3.11. The molecule has 0 aliphatic rings. The quantitative estimate of drug-likeness (QED) is 0.495. The average molecular weight is 254 g/mol. The molecule has 0 saturated carbocycles. The number of nitro groups is 1. The number of unbranched alkanes of at least 4 members (excludes halogenated alkanes) is 1. The molecule has 0 fully saturated rings. The second-order valence-corrected chi connectivity index (χ2v) is 3.61. The van der Waals surface area contributed by atoms with Gasteiger partial charge in [0.05, 0.1) is 4.92 Å². The number of carbonyl (C=O) groups is 1. The zero-order chi connectivity index (χ0) is 13.5. The zero-order valence-corrected chi connectivity index (χ0v) is 9.91. The van der Waals surface area contributed by atoms with Crippen LogP contribution < -0.4 is 4.90 Å². The third kappa shape index (κ3) is 3.17. The Bertz CT molecular complexity index is 435. The Kier molecular flexibility index (Phi) is 5.06. The predicted molar refractivity (Wildman–Crippen MR) is 64.5 cm³/mol. The summed E-state index contributed by atoms with van der Waals surface area (Å²) < 4.78 is 0. The Morgan fingerprint density at radius 3 is 2.72 bits per heavy atom. The fraction of sp³-hybridized carbons (Fsp3) is 0.364. The summed E-state index contributed by atoms with van der Waals surface area (Å²) in [5, 5.41) is 19.3. The average Bonchev–Trinajstić information content (AvgIpc) is 2.39. The minimum absolute atomic E-state index is 0.106. The molecule has 18 heavy (non-hydrogen) atoms. The van der Waals surface area contributed by atoms with E-state index in [4.69, 9.17) is 5.26 Å². The molecule has 1 rings (SSSR count). The Labute approximate surface area is 104 Å². The van der Waals surface area contributed by atoms with Gasteiger partial charge >= 0.3 is 6.09 Å². The standard InChI is InChI=1S/C11H14N2O5/c1-2-3-8-12(11(14)18-17)9-6-4-5-7-10(9)13(15)16/h4-7,17H,2-3,8H2,1H3. The van der Waals surface area contributed by atoms with Crippen molar-refractivity contribution < 1.29 is 19.9 Å². The third-order valence-corrected chi connectivity index (χ3v) is 2.40. The lowest BCUT2D eigenvalue weighted by molar-refractivity contribution is -0.384. The topological polar surface area (TPSA) is 92.9 Å². The fourth-order valence-electron chi connectivity index (χ4n) is 1.52. The van der Waals surface area contributed by atoms with Crippen LogP contribution in [0, 0.1) is 10.1 Å². The van der Waals surface area contributed by atoms with E-state index in [-0.39, 0.29) is 17.9 Å². The van der Waals surface area contributed by atoms with Crippen LogP contribution >= 0.6 is 0 Å². The van der Waals surface area contributed by atoms with E-state index in [0.29, 0.717) is 6.42 Å². The van der Waals surface area contributed by atoms with Crippen molar-refractivity contribution in [2.24, 2.45) is 0 Å². The van der Waals surface area contributed by atoms with E-state index in [9.17, 15) is 14.9 Å². The zero-order valence-electron chi connectivity index (χ0n) is 9.91. The van der Waals surface area contributed by atoms with E-state index in [1.165, 1.54) is 18.2 Å². The molecule has 7 heteroatoms. The highest BCUT2D eigenvalue weighted by atomic mass is 17.1. The Morgan fingerprint density at radius 1 is 1.50 bits per heavy atom. The van der Waals surface area contributed by atoms with Crippen LogP contribution in [0.4, 0.5) is 16.2 Å². The molecule has 1 amide bonds. The van der Waals surface area contributed by atoms with E-state index >= 15 is 0 Å². The largest absolute Gasteiger partial charge is 0.445 e. The molecule has 0 saturated heterocycles. The molecule has 0 unspecified atom stereocenters. The summed E-state index contributed by atoms with van der Waals surface area (Å²) in [4.78, 5) is 26.4. The van der Waals surface area contributed by atoms with Gasteiger partial charge in [-0.1, -0.05) is 25.5 Å². The lowest BCUT2D eigenvalue weighted by Gasteiger charge is -2.19. The molecule has 1 aromatic carbocycles. The van der Waals surface area contributed by atoms with Crippen molar-refractivity contribution in [3.8, 4) is 0 Å². The summed E-state index contributed by atoms with van der Waals surface area (Å²) in [5.41, 5.74) is -0.103. The van der Waals surface area contributed by atoms with Gasteiger partial charge in [-0.2, -0.15) is 5.26 Å². The maximum absolute atomic E-state index is 11.4. The van der Waals surface area contributed by atoms with E-state index in [2.05, 4.69) is 4.89 Å². The molecule has 98 valence electrons. The molecule has 0 heterocycles. The fourth-order valence-corrected chi connectivity index (χ4v) is 1.52. The van der Waals surface area contributed by atoms with Gasteiger partial charge in [0.1, 0.15) is 5.69 Å². The van der Waals surface area contributed by atoms with Crippen LogP contribution in [0.2, 0.25) is 0 Å². The lowest BCUT2D eigenvalue weighted by atomic mass is 10.2. The maximum atomic E-state index is 11.4. The van der Waals surface area contributed by atoms with Crippen LogP contribution in [0.25, 0.3) is 0 Å². The van der Waals surface area contributed by atoms with Crippen LogP contribution in [0.3, 0.4) is 0 Å². The van der Waals surface area contributed by atoms with Crippen molar-refractivity contribution in [2.75, 3.05) is 11.4 Å². The normalized spacial score (nSPS) is 9.89. The van der Waals surface area contributed by atoms with Crippen LogP contribution in [-0.4, -0.2) is 22.8 Å².